The summed E-state index contributed by atoms with van der Waals surface area (Å²) in [4.78, 5) is 0. The van der Waals surface area contributed by atoms with E-state index < -0.39 is 0 Å². The lowest BCUT2D eigenvalue weighted by Crippen LogP contribution is -2.52. The molecule has 0 aromatic heterocycles. The smallest absolute Gasteiger partial charge is 0.113 e. The van der Waals surface area contributed by atoms with Gasteiger partial charge in [0.05, 0.1) is 13.6 Å². The number of likely N-dealkylation sites (N-methyl/N-ethyl adjacent to an activating group) is 1. The third-order valence-electron chi connectivity index (χ3n) is 2.63. The summed E-state index contributed by atoms with van der Waals surface area (Å²) in [5, 5.41) is 2.45. The van der Waals surface area contributed by atoms with Crippen molar-refractivity contribution in [1.29, 1.82) is 0 Å². The van der Waals surface area contributed by atoms with E-state index in [2.05, 4.69) is 29.2 Å². The maximum Gasteiger partial charge on any atom is 0.113 e. The maximum absolute atomic E-state index is 4.31. The number of hydrazine groups is 1. The minimum Gasteiger partial charge on any atom is -0.219 e. The van der Waals surface area contributed by atoms with Crippen molar-refractivity contribution in [2.75, 3.05) is 44.7 Å². The molecule has 0 aliphatic carbocycles. The first-order chi connectivity index (χ1) is 5.76. The van der Waals surface area contributed by atoms with Crippen molar-refractivity contribution < 1.29 is 4.59 Å². The lowest BCUT2D eigenvalue weighted by molar-refractivity contribution is -0.993. The molecule has 2 rings (SSSR count). The van der Waals surface area contributed by atoms with Gasteiger partial charge in [0, 0.05) is 18.1 Å². The van der Waals surface area contributed by atoms with Crippen LogP contribution in [0.5, 0.6) is 0 Å². The molecule has 5 heteroatoms. The zero-order valence-electron chi connectivity index (χ0n) is 7.44. The number of thiol groups is 1. The third-order valence-corrected chi connectivity index (χ3v) is 4.05. The van der Waals surface area contributed by atoms with Crippen molar-refractivity contribution in [2.45, 2.75) is 0 Å². The molecule has 2 aliphatic heterocycles. The van der Waals surface area contributed by atoms with Crippen LogP contribution in [-0.4, -0.2) is 58.9 Å². The van der Waals surface area contributed by atoms with Crippen LogP contribution in [0.25, 0.3) is 0 Å². The van der Waals surface area contributed by atoms with Gasteiger partial charge in [-0.05, 0) is 16.5 Å². The van der Waals surface area contributed by atoms with Gasteiger partial charge in [0.2, 0.25) is 0 Å². The molecule has 2 heterocycles. The number of rotatable bonds is 2. The number of quaternary nitrogens is 1. The minimum absolute atomic E-state index is 0.974. The number of hydrogen-bond acceptors (Lipinski definition) is 4. The van der Waals surface area contributed by atoms with Crippen molar-refractivity contribution >= 4 is 24.6 Å². The molecule has 0 amide bonds. The van der Waals surface area contributed by atoms with E-state index in [1.54, 1.807) is 0 Å². The molecule has 0 radical (unpaired) electrons. The molecular formula is C7H16N3S2+. The summed E-state index contributed by atoms with van der Waals surface area (Å²) < 4.78 is 3.48. The number of nitrogens with zero attached hydrogens (tertiary/aromatic N) is 3. The first-order valence-corrected chi connectivity index (χ1v) is 5.97. The predicted molar refractivity (Wildman–Crippen MR) is 55.6 cm³/mol. The fraction of sp³-hybridized carbons (Fsp3) is 1.00. The summed E-state index contributed by atoms with van der Waals surface area (Å²) >= 11 is 6.27. The third kappa shape index (κ3) is 1.37. The largest absolute Gasteiger partial charge is 0.219 e. The molecule has 12 heavy (non-hydrogen) atoms. The van der Waals surface area contributed by atoms with Crippen LogP contribution in [0, 0.1) is 0 Å². The zero-order chi connectivity index (χ0) is 8.60. The molecule has 0 spiro atoms. The average Bonchev–Trinajstić information content (AvgIpc) is 2.57. The molecule has 0 bridgehead atoms. The van der Waals surface area contributed by atoms with E-state index in [0.29, 0.717) is 0 Å². The molecule has 0 saturated carbocycles. The fourth-order valence-corrected chi connectivity index (χ4v) is 3.52. The number of hydrogen-bond donors (Lipinski definition) is 1. The van der Waals surface area contributed by atoms with Crippen molar-refractivity contribution in [3.63, 3.8) is 0 Å². The van der Waals surface area contributed by atoms with Gasteiger partial charge in [-0.3, -0.25) is 0 Å². The monoisotopic (exact) mass is 206 g/mol. The van der Waals surface area contributed by atoms with Crippen LogP contribution in [0.1, 0.15) is 0 Å². The summed E-state index contributed by atoms with van der Waals surface area (Å²) in [5.41, 5.74) is 0. The van der Waals surface area contributed by atoms with E-state index in [1.807, 2.05) is 11.9 Å². The first-order valence-electron chi connectivity index (χ1n) is 4.40. The van der Waals surface area contributed by atoms with E-state index in [4.69, 9.17) is 0 Å². The van der Waals surface area contributed by atoms with Crippen molar-refractivity contribution in [3.05, 3.63) is 0 Å². The second-order valence-electron chi connectivity index (χ2n) is 3.55. The van der Waals surface area contributed by atoms with Gasteiger partial charge in [-0.1, -0.05) is 0 Å². The topological polar surface area (TPSA) is 6.48 Å². The maximum atomic E-state index is 4.31. The van der Waals surface area contributed by atoms with Gasteiger partial charge in [0.15, 0.2) is 0 Å². The Morgan fingerprint density at radius 1 is 1.50 bits per heavy atom. The molecule has 2 aliphatic rings. The Morgan fingerprint density at radius 2 is 2.33 bits per heavy atom. The van der Waals surface area contributed by atoms with Crippen LogP contribution >= 0.6 is 24.6 Å². The fourth-order valence-electron chi connectivity index (χ4n) is 1.87. The van der Waals surface area contributed by atoms with Gasteiger partial charge in [0.1, 0.15) is 13.1 Å². The lowest BCUT2D eigenvalue weighted by atomic mass is 10.5. The molecule has 2 saturated heterocycles. The van der Waals surface area contributed by atoms with Crippen LogP contribution in [0.4, 0.5) is 0 Å². The molecule has 70 valence electrons. The summed E-state index contributed by atoms with van der Waals surface area (Å²) in [6.07, 6.45) is 0. The van der Waals surface area contributed by atoms with E-state index in [9.17, 15) is 0 Å². The second kappa shape index (κ2) is 3.38. The molecule has 2 fully saturated rings. The summed E-state index contributed by atoms with van der Waals surface area (Å²) in [7, 11) is 2.30. The highest BCUT2D eigenvalue weighted by molar-refractivity contribution is 7.97. The van der Waals surface area contributed by atoms with Crippen LogP contribution in [0.3, 0.4) is 0 Å². The standard InChI is InChI=1S/C7H15N3S2/c1-10(5-6-11)4-2-8-3-7-12-9(8)10/h2-7H2,1H3/p+1. The van der Waals surface area contributed by atoms with Gasteiger partial charge in [0.25, 0.3) is 0 Å². The van der Waals surface area contributed by atoms with E-state index >= 15 is 0 Å². The SMILES string of the molecule is C[N+]1(CCS)CCN2CCSN21. The normalized spacial score (nSPS) is 37.5. The Morgan fingerprint density at radius 3 is 3.08 bits per heavy atom. The summed E-state index contributed by atoms with van der Waals surface area (Å²) in [5.74, 6) is 2.22. The van der Waals surface area contributed by atoms with Crippen molar-refractivity contribution in [2.24, 2.45) is 0 Å². The molecule has 0 aromatic carbocycles. The zero-order valence-corrected chi connectivity index (χ0v) is 9.15. The van der Waals surface area contributed by atoms with Gasteiger partial charge < -0.3 is 0 Å². The van der Waals surface area contributed by atoms with Crippen LogP contribution in [0.15, 0.2) is 0 Å². The highest BCUT2D eigenvalue weighted by Crippen LogP contribution is 2.33. The summed E-state index contributed by atoms with van der Waals surface area (Å²) in [6.45, 7) is 4.84. The van der Waals surface area contributed by atoms with Crippen molar-refractivity contribution in [3.8, 4) is 0 Å². The predicted octanol–water partition coefficient (Wildman–Crippen LogP) is 0.472. The van der Waals surface area contributed by atoms with Gasteiger partial charge in [-0.25, -0.2) is 4.59 Å². The van der Waals surface area contributed by atoms with Crippen LogP contribution in [0.2, 0.25) is 0 Å². The van der Waals surface area contributed by atoms with Crippen LogP contribution < -0.4 is 0 Å². The Kier molecular flexibility index (Phi) is 2.58. The number of fused-ring (bicyclic) bond motifs is 1. The Hall–Kier alpha value is 0.580. The summed E-state index contributed by atoms with van der Waals surface area (Å²) in [6, 6.07) is 0. The molecule has 0 N–H and O–H groups in total. The molecule has 3 nitrogen and oxygen atoms in total. The molecule has 0 aromatic rings. The lowest BCUT2D eigenvalue weighted by Gasteiger charge is -2.34. The van der Waals surface area contributed by atoms with E-state index in [0.717, 1.165) is 16.9 Å². The van der Waals surface area contributed by atoms with E-state index in [1.165, 1.54) is 25.4 Å². The molecular weight excluding hydrogens is 190 g/mol. The van der Waals surface area contributed by atoms with Crippen molar-refractivity contribution in [1.82, 2.24) is 9.53 Å². The highest BCUT2D eigenvalue weighted by atomic mass is 32.2. The minimum atomic E-state index is 0.974. The van der Waals surface area contributed by atoms with E-state index in [-0.39, 0.29) is 0 Å². The molecule has 1 atom stereocenters. The first kappa shape index (κ1) is 9.15. The molecule has 1 unspecified atom stereocenters. The quantitative estimate of drug-likeness (QED) is 0.399. The Labute approximate surface area is 83.8 Å². The Balaban J connectivity index is 2.06. The van der Waals surface area contributed by atoms with Crippen LogP contribution in [-0.2, 0) is 0 Å². The van der Waals surface area contributed by atoms with Gasteiger partial charge >= 0.3 is 0 Å². The van der Waals surface area contributed by atoms with Gasteiger partial charge in [-0.15, -0.1) is 0 Å². The average molecular weight is 206 g/mol. The Bertz CT molecular complexity index is 174. The second-order valence-corrected chi connectivity index (χ2v) is 4.99. The van der Waals surface area contributed by atoms with Gasteiger partial charge in [-0.2, -0.15) is 17.6 Å². The highest BCUT2D eigenvalue weighted by Gasteiger charge is 2.45.